The summed E-state index contributed by atoms with van der Waals surface area (Å²) in [7, 11) is 0. The van der Waals surface area contributed by atoms with Gasteiger partial charge in [0.15, 0.2) is 0 Å². The lowest BCUT2D eigenvalue weighted by Gasteiger charge is -1.97. The highest BCUT2D eigenvalue weighted by Gasteiger charge is 2.19. The molecule has 1 aliphatic carbocycles. The van der Waals surface area contributed by atoms with Crippen LogP contribution in [0, 0.1) is 6.92 Å². The zero-order valence-electron chi connectivity index (χ0n) is 9.32. The number of rotatable bonds is 2. The van der Waals surface area contributed by atoms with Gasteiger partial charge < -0.3 is 0 Å². The molecule has 3 rings (SSSR count). The van der Waals surface area contributed by atoms with Crippen LogP contribution in [0.25, 0.3) is 0 Å². The van der Waals surface area contributed by atoms with Gasteiger partial charge in [0.05, 0.1) is 4.88 Å². The van der Waals surface area contributed by atoms with Gasteiger partial charge in [-0.25, -0.2) is 0 Å². The van der Waals surface area contributed by atoms with Crippen LogP contribution in [-0.2, 0) is 12.8 Å². The summed E-state index contributed by atoms with van der Waals surface area (Å²) in [5.74, 6) is -0.0689. The maximum absolute atomic E-state index is 12.0. The normalized spacial score (nSPS) is 13.7. The Morgan fingerprint density at radius 1 is 1.35 bits per heavy atom. The zero-order chi connectivity index (χ0) is 11.8. The Morgan fingerprint density at radius 3 is 2.94 bits per heavy atom. The van der Waals surface area contributed by atoms with Crippen LogP contribution in [0.2, 0.25) is 0 Å². The summed E-state index contributed by atoms with van der Waals surface area (Å²) >= 11 is 2.99. The van der Waals surface area contributed by atoms with Crippen molar-refractivity contribution in [3.05, 3.63) is 26.4 Å². The first-order valence-corrected chi connectivity index (χ1v) is 7.09. The van der Waals surface area contributed by atoms with Crippen molar-refractivity contribution in [2.75, 3.05) is 5.32 Å². The Labute approximate surface area is 107 Å². The second-order valence-corrected chi connectivity index (χ2v) is 6.31. The van der Waals surface area contributed by atoms with Crippen molar-refractivity contribution in [1.82, 2.24) is 10.2 Å². The molecule has 2 aromatic rings. The molecule has 1 amide bonds. The molecule has 0 saturated heterocycles. The minimum atomic E-state index is -0.0689. The van der Waals surface area contributed by atoms with Gasteiger partial charge in [0.2, 0.25) is 5.13 Å². The number of carbonyl (C=O) groups is 1. The number of nitrogens with zero attached hydrogens (tertiary/aromatic N) is 2. The summed E-state index contributed by atoms with van der Waals surface area (Å²) in [6, 6.07) is 2.01. The predicted octanol–water partition coefficient (Wildman–Crippen LogP) is 2.65. The average Bonchev–Trinajstić information content (AvgIpc) is 2.92. The molecule has 0 unspecified atom stereocenters. The molecule has 0 radical (unpaired) electrons. The number of hydrogen-bond acceptors (Lipinski definition) is 5. The van der Waals surface area contributed by atoms with Crippen LogP contribution >= 0.6 is 22.7 Å². The quantitative estimate of drug-likeness (QED) is 0.908. The number of anilines is 1. The van der Waals surface area contributed by atoms with Crippen molar-refractivity contribution in [1.29, 1.82) is 0 Å². The molecule has 0 fully saturated rings. The summed E-state index contributed by atoms with van der Waals surface area (Å²) in [4.78, 5) is 14.1. The van der Waals surface area contributed by atoms with Gasteiger partial charge in [-0.1, -0.05) is 11.3 Å². The third-order valence-electron chi connectivity index (χ3n) is 2.72. The van der Waals surface area contributed by atoms with E-state index in [-0.39, 0.29) is 5.91 Å². The van der Waals surface area contributed by atoms with E-state index in [0.29, 0.717) is 5.13 Å². The number of aryl methyl sites for hydroxylation is 3. The number of amides is 1. The summed E-state index contributed by atoms with van der Waals surface area (Å²) in [6.07, 6.45) is 3.45. The smallest absolute Gasteiger partial charge is 0.267 e. The van der Waals surface area contributed by atoms with Crippen molar-refractivity contribution in [2.45, 2.75) is 26.2 Å². The minimum Gasteiger partial charge on any atom is -0.296 e. The second-order valence-electron chi connectivity index (χ2n) is 3.99. The molecule has 6 heteroatoms. The van der Waals surface area contributed by atoms with Crippen LogP contribution in [-0.4, -0.2) is 16.1 Å². The van der Waals surface area contributed by atoms with Gasteiger partial charge in [-0.05, 0) is 37.8 Å². The van der Waals surface area contributed by atoms with E-state index in [2.05, 4.69) is 15.5 Å². The van der Waals surface area contributed by atoms with Gasteiger partial charge in [-0.2, -0.15) is 0 Å². The van der Waals surface area contributed by atoms with Crippen LogP contribution in [0.15, 0.2) is 6.07 Å². The van der Waals surface area contributed by atoms with E-state index in [9.17, 15) is 4.79 Å². The predicted molar refractivity (Wildman–Crippen MR) is 68.9 cm³/mol. The maximum atomic E-state index is 12.0. The summed E-state index contributed by atoms with van der Waals surface area (Å²) in [6.45, 7) is 1.87. The van der Waals surface area contributed by atoms with E-state index in [4.69, 9.17) is 0 Å². The highest BCUT2D eigenvalue weighted by molar-refractivity contribution is 7.16. The summed E-state index contributed by atoms with van der Waals surface area (Å²) in [5, 5.41) is 12.0. The van der Waals surface area contributed by atoms with E-state index < -0.39 is 0 Å². The third-order valence-corrected chi connectivity index (χ3v) is 4.71. The number of aromatic nitrogens is 2. The standard InChI is InChI=1S/C11H11N3OS2/c1-6-13-14-11(16-6)12-10(15)9-5-7-3-2-4-8(7)17-9/h5H,2-4H2,1H3,(H,12,14,15). The molecule has 2 aromatic heterocycles. The molecule has 88 valence electrons. The van der Waals surface area contributed by atoms with Crippen LogP contribution in [0.3, 0.4) is 0 Å². The van der Waals surface area contributed by atoms with E-state index >= 15 is 0 Å². The van der Waals surface area contributed by atoms with Crippen LogP contribution in [0.1, 0.15) is 31.5 Å². The number of nitrogens with one attached hydrogen (secondary N) is 1. The minimum absolute atomic E-state index is 0.0689. The highest BCUT2D eigenvalue weighted by Crippen LogP contribution is 2.31. The first kappa shape index (κ1) is 10.9. The highest BCUT2D eigenvalue weighted by atomic mass is 32.1. The number of fused-ring (bicyclic) bond motifs is 1. The second kappa shape index (κ2) is 4.19. The van der Waals surface area contributed by atoms with E-state index in [1.807, 2.05) is 13.0 Å². The number of thiophene rings is 1. The molecule has 0 atom stereocenters. The number of carbonyl (C=O) groups excluding carboxylic acids is 1. The molecule has 1 N–H and O–H groups in total. The molecule has 0 aromatic carbocycles. The monoisotopic (exact) mass is 265 g/mol. The summed E-state index contributed by atoms with van der Waals surface area (Å²) < 4.78 is 0. The van der Waals surface area contributed by atoms with Crippen molar-refractivity contribution in [3.63, 3.8) is 0 Å². The molecule has 0 bridgehead atoms. The van der Waals surface area contributed by atoms with Gasteiger partial charge in [0.1, 0.15) is 5.01 Å². The Bertz CT molecular complexity index is 552. The molecule has 2 heterocycles. The first-order valence-electron chi connectivity index (χ1n) is 5.45. The van der Waals surface area contributed by atoms with Crippen LogP contribution < -0.4 is 5.32 Å². The van der Waals surface area contributed by atoms with E-state index in [1.54, 1.807) is 11.3 Å². The Kier molecular flexibility index (Phi) is 2.68. The Hall–Kier alpha value is -1.27. The lowest BCUT2D eigenvalue weighted by atomic mass is 10.2. The molecule has 1 aliphatic rings. The lowest BCUT2D eigenvalue weighted by molar-refractivity contribution is 0.103. The van der Waals surface area contributed by atoms with Gasteiger partial charge in [0, 0.05) is 4.88 Å². The fourth-order valence-electron chi connectivity index (χ4n) is 1.95. The molecule has 17 heavy (non-hydrogen) atoms. The van der Waals surface area contributed by atoms with E-state index in [0.717, 1.165) is 22.7 Å². The van der Waals surface area contributed by atoms with Gasteiger partial charge in [0.25, 0.3) is 5.91 Å². The molecule has 0 spiro atoms. The van der Waals surface area contributed by atoms with Crippen molar-refractivity contribution >= 4 is 33.7 Å². The van der Waals surface area contributed by atoms with Crippen LogP contribution in [0.4, 0.5) is 5.13 Å². The van der Waals surface area contributed by atoms with Crippen molar-refractivity contribution in [2.24, 2.45) is 0 Å². The average molecular weight is 265 g/mol. The fraction of sp³-hybridized carbons (Fsp3) is 0.364. The van der Waals surface area contributed by atoms with Crippen molar-refractivity contribution in [3.8, 4) is 0 Å². The van der Waals surface area contributed by atoms with Gasteiger partial charge >= 0.3 is 0 Å². The molecule has 4 nitrogen and oxygen atoms in total. The SMILES string of the molecule is Cc1nnc(NC(=O)c2cc3c(s2)CCC3)s1. The summed E-state index contributed by atoms with van der Waals surface area (Å²) in [5.41, 5.74) is 1.34. The maximum Gasteiger partial charge on any atom is 0.267 e. The van der Waals surface area contributed by atoms with Gasteiger partial charge in [-0.3, -0.25) is 10.1 Å². The zero-order valence-corrected chi connectivity index (χ0v) is 11.0. The molecule has 0 saturated carbocycles. The Balaban J connectivity index is 1.77. The first-order chi connectivity index (χ1) is 8.22. The Morgan fingerprint density at radius 2 is 2.24 bits per heavy atom. The molecule has 0 aliphatic heterocycles. The molecular weight excluding hydrogens is 254 g/mol. The topological polar surface area (TPSA) is 54.9 Å². The van der Waals surface area contributed by atoms with Crippen molar-refractivity contribution < 1.29 is 4.79 Å². The largest absolute Gasteiger partial charge is 0.296 e. The van der Waals surface area contributed by atoms with Gasteiger partial charge in [-0.15, -0.1) is 21.5 Å². The fourth-order valence-corrected chi connectivity index (χ4v) is 3.68. The van der Waals surface area contributed by atoms with E-state index in [1.165, 1.54) is 28.2 Å². The third kappa shape index (κ3) is 2.10. The molecular formula is C11H11N3OS2. The lowest BCUT2D eigenvalue weighted by Crippen LogP contribution is -2.09. The number of hydrogen-bond donors (Lipinski definition) is 1. The van der Waals surface area contributed by atoms with Crippen LogP contribution in [0.5, 0.6) is 0 Å².